The van der Waals surface area contributed by atoms with Gasteiger partial charge in [0.2, 0.25) is 0 Å². The van der Waals surface area contributed by atoms with E-state index in [9.17, 15) is 9.59 Å². The summed E-state index contributed by atoms with van der Waals surface area (Å²) in [6, 6.07) is 12.1. The Kier molecular flexibility index (Phi) is 6.43. The predicted octanol–water partition coefficient (Wildman–Crippen LogP) is 3.39. The number of fused-ring (bicyclic) bond motifs is 1. The Bertz CT molecular complexity index is 1350. The highest BCUT2D eigenvalue weighted by Crippen LogP contribution is 2.22. The van der Waals surface area contributed by atoms with Crippen LogP contribution < -0.4 is 15.6 Å². The number of rotatable bonds is 7. The minimum absolute atomic E-state index is 0.200. The molecule has 0 fully saturated rings. The van der Waals surface area contributed by atoms with E-state index in [0.717, 1.165) is 5.56 Å². The third-order valence-electron chi connectivity index (χ3n) is 4.88. The average Bonchev–Trinajstić information content (AvgIpc) is 3.19. The molecule has 8 nitrogen and oxygen atoms in total. The molecule has 0 aliphatic rings. The van der Waals surface area contributed by atoms with Crippen molar-refractivity contribution in [2.75, 3.05) is 13.7 Å². The highest BCUT2D eigenvalue weighted by Gasteiger charge is 2.14. The van der Waals surface area contributed by atoms with Crippen LogP contribution in [0.5, 0.6) is 5.75 Å². The number of ether oxygens (including phenoxy) is 1. The van der Waals surface area contributed by atoms with E-state index in [4.69, 9.17) is 27.9 Å². The number of benzene rings is 2. The molecule has 0 saturated carbocycles. The lowest BCUT2D eigenvalue weighted by atomic mass is 10.2. The van der Waals surface area contributed by atoms with E-state index < -0.39 is 0 Å². The molecule has 4 rings (SSSR count). The Hall–Kier alpha value is -3.36. The molecule has 0 bridgehead atoms. The van der Waals surface area contributed by atoms with E-state index in [1.54, 1.807) is 35.0 Å². The first-order chi connectivity index (χ1) is 15.5. The van der Waals surface area contributed by atoms with Crippen molar-refractivity contribution in [3.05, 3.63) is 86.5 Å². The highest BCUT2D eigenvalue weighted by molar-refractivity contribution is 6.31. The molecule has 32 heavy (non-hydrogen) atoms. The maximum absolute atomic E-state index is 12.8. The molecular formula is C22H19Cl2N5O3. The molecule has 0 unspecified atom stereocenters. The van der Waals surface area contributed by atoms with Crippen LogP contribution in [-0.4, -0.2) is 38.9 Å². The molecule has 164 valence electrons. The van der Waals surface area contributed by atoms with Crippen molar-refractivity contribution in [1.29, 1.82) is 0 Å². The normalized spacial score (nSPS) is 11.0. The van der Waals surface area contributed by atoms with Gasteiger partial charge in [0.1, 0.15) is 17.5 Å². The summed E-state index contributed by atoms with van der Waals surface area (Å²) in [6.45, 7) is 0.965. The molecule has 2 heterocycles. The Labute approximate surface area is 193 Å². The first-order valence-corrected chi connectivity index (χ1v) is 10.5. The zero-order chi connectivity index (χ0) is 22.7. The molecule has 4 aromatic rings. The summed E-state index contributed by atoms with van der Waals surface area (Å²) >= 11 is 12.0. The van der Waals surface area contributed by atoms with Gasteiger partial charge < -0.3 is 10.1 Å². The van der Waals surface area contributed by atoms with E-state index in [-0.39, 0.29) is 18.0 Å². The van der Waals surface area contributed by atoms with Gasteiger partial charge in [-0.25, -0.2) is 9.67 Å². The minimum Gasteiger partial charge on any atom is -0.496 e. The fourth-order valence-corrected chi connectivity index (χ4v) is 3.72. The number of nitrogens with one attached hydrogen (secondary N) is 1. The SMILES string of the molecule is COc1ccc(Cl)cc1C(=O)NCCn1ncc2c(=O)n(Cc3cccc(Cl)c3)cnc21. The van der Waals surface area contributed by atoms with Gasteiger partial charge in [-0.3, -0.25) is 14.2 Å². The number of hydrogen-bond donors (Lipinski definition) is 1. The maximum Gasteiger partial charge on any atom is 0.264 e. The van der Waals surface area contributed by atoms with Crippen LogP contribution in [0.25, 0.3) is 11.0 Å². The lowest BCUT2D eigenvalue weighted by Gasteiger charge is -2.10. The molecule has 0 atom stereocenters. The fourth-order valence-electron chi connectivity index (χ4n) is 3.33. The van der Waals surface area contributed by atoms with Crippen molar-refractivity contribution >= 4 is 40.1 Å². The molecule has 1 N–H and O–H groups in total. The molecule has 0 radical (unpaired) electrons. The van der Waals surface area contributed by atoms with Crippen LogP contribution in [0.2, 0.25) is 10.0 Å². The first-order valence-electron chi connectivity index (χ1n) is 9.73. The average molecular weight is 472 g/mol. The van der Waals surface area contributed by atoms with Crippen LogP contribution in [0.3, 0.4) is 0 Å². The Morgan fingerprint density at radius 1 is 1.16 bits per heavy atom. The lowest BCUT2D eigenvalue weighted by Crippen LogP contribution is -2.28. The quantitative estimate of drug-likeness (QED) is 0.446. The number of methoxy groups -OCH3 is 1. The zero-order valence-corrected chi connectivity index (χ0v) is 18.6. The monoisotopic (exact) mass is 471 g/mol. The molecule has 2 aromatic carbocycles. The first kappa shape index (κ1) is 21.9. The second-order valence-electron chi connectivity index (χ2n) is 7.01. The number of hydrogen-bond acceptors (Lipinski definition) is 5. The largest absolute Gasteiger partial charge is 0.496 e. The standard InChI is InChI=1S/C22H19Cl2N5O3/c1-32-19-6-5-16(24)10-17(19)21(30)25-7-8-29-20-18(11-27-29)22(31)28(13-26-20)12-14-3-2-4-15(23)9-14/h2-6,9-11,13H,7-8,12H2,1H3,(H,25,30). The van der Waals surface area contributed by atoms with Gasteiger partial charge in [-0.1, -0.05) is 35.3 Å². The van der Waals surface area contributed by atoms with Crippen LogP contribution in [0, 0.1) is 0 Å². The maximum atomic E-state index is 12.8. The zero-order valence-electron chi connectivity index (χ0n) is 17.1. The number of carbonyl (C=O) groups is 1. The predicted molar refractivity (Wildman–Crippen MR) is 123 cm³/mol. The summed E-state index contributed by atoms with van der Waals surface area (Å²) < 4.78 is 8.30. The summed E-state index contributed by atoms with van der Waals surface area (Å²) in [5.74, 6) is 0.107. The summed E-state index contributed by atoms with van der Waals surface area (Å²) in [5.41, 5.74) is 1.49. The Morgan fingerprint density at radius 2 is 1.97 bits per heavy atom. The third-order valence-corrected chi connectivity index (χ3v) is 5.35. The molecular weight excluding hydrogens is 453 g/mol. The number of carbonyl (C=O) groups excluding carboxylic acids is 1. The van der Waals surface area contributed by atoms with Crippen LogP contribution in [-0.2, 0) is 13.1 Å². The van der Waals surface area contributed by atoms with Gasteiger partial charge in [0, 0.05) is 16.6 Å². The van der Waals surface area contributed by atoms with Crippen LogP contribution in [0.4, 0.5) is 0 Å². The summed E-state index contributed by atoms with van der Waals surface area (Å²) in [7, 11) is 1.49. The van der Waals surface area contributed by atoms with E-state index in [2.05, 4.69) is 15.4 Å². The molecule has 0 aliphatic heterocycles. The summed E-state index contributed by atoms with van der Waals surface area (Å²) in [5, 5.41) is 8.51. The van der Waals surface area contributed by atoms with Crippen molar-refractivity contribution in [3.63, 3.8) is 0 Å². The molecule has 0 saturated heterocycles. The van der Waals surface area contributed by atoms with Crippen molar-refractivity contribution in [1.82, 2.24) is 24.6 Å². The van der Waals surface area contributed by atoms with Gasteiger partial charge in [0.05, 0.1) is 32.0 Å². The number of halogens is 2. The molecule has 2 aromatic heterocycles. The molecule has 10 heteroatoms. The van der Waals surface area contributed by atoms with E-state index in [1.807, 2.05) is 12.1 Å². The second-order valence-corrected chi connectivity index (χ2v) is 7.89. The Morgan fingerprint density at radius 3 is 2.75 bits per heavy atom. The fraction of sp³-hybridized carbons (Fsp3) is 0.182. The van der Waals surface area contributed by atoms with Crippen molar-refractivity contribution in [2.45, 2.75) is 13.1 Å². The molecule has 0 aliphatic carbocycles. The third kappa shape index (κ3) is 4.61. The topological polar surface area (TPSA) is 91.0 Å². The van der Waals surface area contributed by atoms with Crippen molar-refractivity contribution in [2.24, 2.45) is 0 Å². The molecule has 1 amide bonds. The lowest BCUT2D eigenvalue weighted by molar-refractivity contribution is 0.0949. The van der Waals surface area contributed by atoms with Crippen LogP contribution in [0.15, 0.2) is 59.8 Å². The number of aromatic nitrogens is 4. The van der Waals surface area contributed by atoms with Gasteiger partial charge >= 0.3 is 0 Å². The highest BCUT2D eigenvalue weighted by atomic mass is 35.5. The van der Waals surface area contributed by atoms with E-state index >= 15 is 0 Å². The smallest absolute Gasteiger partial charge is 0.264 e. The second kappa shape index (κ2) is 9.42. The van der Waals surface area contributed by atoms with Crippen molar-refractivity contribution in [3.8, 4) is 5.75 Å². The van der Waals surface area contributed by atoms with Gasteiger partial charge in [0.25, 0.3) is 11.5 Å². The van der Waals surface area contributed by atoms with Gasteiger partial charge in [-0.15, -0.1) is 0 Å². The number of amides is 1. The van der Waals surface area contributed by atoms with Crippen molar-refractivity contribution < 1.29 is 9.53 Å². The summed E-state index contributed by atoms with van der Waals surface area (Å²) in [4.78, 5) is 29.7. The number of nitrogens with zero attached hydrogens (tertiary/aromatic N) is 4. The minimum atomic E-state index is -0.322. The summed E-state index contributed by atoms with van der Waals surface area (Å²) in [6.07, 6.45) is 2.97. The van der Waals surface area contributed by atoms with E-state index in [0.29, 0.717) is 45.5 Å². The Balaban J connectivity index is 1.47. The molecule has 0 spiro atoms. The van der Waals surface area contributed by atoms with Crippen LogP contribution in [0.1, 0.15) is 15.9 Å². The van der Waals surface area contributed by atoms with Gasteiger partial charge in [0.15, 0.2) is 5.65 Å². The van der Waals surface area contributed by atoms with Crippen LogP contribution >= 0.6 is 23.2 Å². The van der Waals surface area contributed by atoms with E-state index in [1.165, 1.54) is 24.2 Å². The van der Waals surface area contributed by atoms with Gasteiger partial charge in [-0.2, -0.15) is 5.10 Å². The van der Waals surface area contributed by atoms with Gasteiger partial charge in [-0.05, 0) is 35.9 Å².